The summed E-state index contributed by atoms with van der Waals surface area (Å²) in [5.74, 6) is 0. The van der Waals surface area contributed by atoms with Crippen LogP contribution in [0.5, 0.6) is 0 Å². The van der Waals surface area contributed by atoms with Gasteiger partial charge in [-0.1, -0.05) is 0 Å². The summed E-state index contributed by atoms with van der Waals surface area (Å²) in [5.41, 5.74) is 0. The molecule has 0 spiro atoms. The van der Waals surface area contributed by atoms with Crippen LogP contribution in [0.2, 0.25) is 10.5 Å². The van der Waals surface area contributed by atoms with Crippen molar-refractivity contribution in [1.29, 1.82) is 0 Å². The molecule has 0 N–H and O–H groups in total. The van der Waals surface area contributed by atoms with E-state index in [1.54, 1.807) is 22.5 Å². The molecule has 0 aromatic carbocycles. The Morgan fingerprint density at radius 3 is 1.29 bits per heavy atom. The molecule has 0 aliphatic rings. The zero-order valence-corrected chi connectivity index (χ0v) is 11.2. The van der Waals surface area contributed by atoms with Crippen molar-refractivity contribution in [1.82, 2.24) is 0 Å². The van der Waals surface area contributed by atoms with E-state index in [9.17, 15) is 0 Å². The first-order chi connectivity index (χ1) is 1.91. The van der Waals surface area contributed by atoms with Gasteiger partial charge in [0.2, 0.25) is 0 Å². The average Bonchev–Trinajstić information content (AvgIpc) is 1.37. The van der Waals surface area contributed by atoms with E-state index in [-0.39, 0.29) is 37.2 Å². The fourth-order valence-electron chi connectivity index (χ4n) is 0. The summed E-state index contributed by atoms with van der Waals surface area (Å²) in [4.78, 5) is 0. The Morgan fingerprint density at radius 1 is 1.14 bits per heavy atom. The van der Waals surface area contributed by atoms with Crippen LogP contribution in [0, 0.1) is 0 Å². The summed E-state index contributed by atoms with van der Waals surface area (Å²) >= 11 is 1.70. The third kappa shape index (κ3) is 32.8. The molecule has 0 bridgehead atoms. The Morgan fingerprint density at radius 2 is 1.29 bits per heavy atom. The van der Waals surface area contributed by atoms with Gasteiger partial charge in [-0.15, -0.1) is 0 Å². The predicted molar refractivity (Wildman–Crippen MR) is 25.3 cm³/mol. The molecule has 0 saturated carbocycles. The SMILES string of the molecule is [Cl-].[Cl-].[Cl-].[SiH3]C[CH2][Sn+3]. The van der Waals surface area contributed by atoms with Crippen LogP contribution in [-0.2, 0) is 0 Å². The quantitative estimate of drug-likeness (QED) is 0.420. The Labute approximate surface area is 79.9 Å². The fourth-order valence-corrected chi connectivity index (χ4v) is 0. The molecule has 0 aliphatic heterocycles. The molecule has 0 aromatic heterocycles. The van der Waals surface area contributed by atoms with E-state index < -0.39 is 0 Å². The summed E-state index contributed by atoms with van der Waals surface area (Å²) in [6.45, 7) is 0. The molecule has 0 amide bonds. The van der Waals surface area contributed by atoms with Crippen LogP contribution in [0.1, 0.15) is 0 Å². The van der Waals surface area contributed by atoms with E-state index >= 15 is 0 Å². The number of hydrogen-bond donors (Lipinski definition) is 0. The van der Waals surface area contributed by atoms with Gasteiger partial charge in [0.15, 0.2) is 0 Å². The molecule has 0 fully saturated rings. The van der Waals surface area contributed by atoms with Crippen molar-refractivity contribution in [2.45, 2.75) is 10.5 Å². The van der Waals surface area contributed by atoms with E-state index in [0.717, 1.165) is 0 Å². The summed E-state index contributed by atoms with van der Waals surface area (Å²) in [5, 5.41) is 0. The Balaban J connectivity index is -0.0000000150. The molecule has 0 saturated heterocycles. The molecule has 0 radical (unpaired) electrons. The summed E-state index contributed by atoms with van der Waals surface area (Å²) in [7, 11) is 1.41. The van der Waals surface area contributed by atoms with Gasteiger partial charge in [-0.05, 0) is 0 Å². The topological polar surface area (TPSA) is 0 Å². The molecule has 0 aromatic rings. The summed E-state index contributed by atoms with van der Waals surface area (Å²) in [6.07, 6.45) is 0. The monoisotopic (exact) mass is 284 g/mol. The Kier molecular flexibility index (Phi) is 81.9. The molecule has 44 valence electrons. The van der Waals surface area contributed by atoms with Crippen LogP contribution < -0.4 is 37.2 Å². The number of rotatable bonds is 1. The zero-order valence-electron chi connectivity index (χ0n) is 4.05. The average molecular weight is 284 g/mol. The first kappa shape index (κ1) is 23.1. The van der Waals surface area contributed by atoms with Gasteiger partial charge in [-0.3, -0.25) is 0 Å². The van der Waals surface area contributed by atoms with E-state index in [0.29, 0.717) is 0 Å². The minimum atomic E-state index is 0. The molecule has 0 rings (SSSR count). The first-order valence-electron chi connectivity index (χ1n) is 1.56. The van der Waals surface area contributed by atoms with Gasteiger partial charge in [-0.25, -0.2) is 0 Å². The molecule has 7 heavy (non-hydrogen) atoms. The third-order valence-corrected chi connectivity index (χ3v) is 5.03. The van der Waals surface area contributed by atoms with Gasteiger partial charge in [-0.2, -0.15) is 0 Å². The van der Waals surface area contributed by atoms with Crippen LogP contribution in [0.15, 0.2) is 0 Å². The Bertz CT molecular complexity index is 14.9. The molecule has 0 atom stereocenters. The minimum absolute atomic E-state index is 0. The first-order valence-corrected chi connectivity index (χ1v) is 4.99. The second-order valence-corrected chi connectivity index (χ2v) is 3.18. The molecule has 0 aliphatic carbocycles. The Hall–Kier alpha value is 1.89. The van der Waals surface area contributed by atoms with Crippen molar-refractivity contribution < 1.29 is 37.2 Å². The third-order valence-electron chi connectivity index (χ3n) is 0.250. The standard InChI is InChI=1S/C2H7Si.3ClH.Sn/c1-2-3;;;;/h1-2H2,3H3;3*1H;/q;;;;+3/p-3. The van der Waals surface area contributed by atoms with Crippen molar-refractivity contribution in [3.05, 3.63) is 0 Å². The molecular weight excluding hydrogens is 277 g/mol. The van der Waals surface area contributed by atoms with Crippen LogP contribution in [-0.4, -0.2) is 32.8 Å². The van der Waals surface area contributed by atoms with Crippen LogP contribution >= 0.6 is 0 Å². The van der Waals surface area contributed by atoms with Crippen LogP contribution in [0.3, 0.4) is 0 Å². The van der Waals surface area contributed by atoms with Gasteiger partial charge in [0, 0.05) is 0 Å². The van der Waals surface area contributed by atoms with Gasteiger partial charge in [0.1, 0.15) is 0 Å². The second kappa shape index (κ2) is 24.8. The van der Waals surface area contributed by atoms with Crippen molar-refractivity contribution in [2.75, 3.05) is 0 Å². The van der Waals surface area contributed by atoms with E-state index in [2.05, 4.69) is 0 Å². The predicted octanol–water partition coefficient (Wildman–Crippen LogP) is -9.63. The molecular formula is C2H7Cl3SiSn. The van der Waals surface area contributed by atoms with E-state index in [4.69, 9.17) is 0 Å². The summed E-state index contributed by atoms with van der Waals surface area (Å²) < 4.78 is 1.47. The molecule has 0 unspecified atom stereocenters. The van der Waals surface area contributed by atoms with Crippen LogP contribution in [0.25, 0.3) is 0 Å². The zero-order chi connectivity index (χ0) is 3.41. The second-order valence-electron chi connectivity index (χ2n) is 0.750. The normalized spacial score (nSPS) is 4.86. The van der Waals surface area contributed by atoms with Gasteiger partial charge >= 0.3 is 43.2 Å². The number of hydrogen-bond acceptors (Lipinski definition) is 0. The van der Waals surface area contributed by atoms with Crippen molar-refractivity contribution >= 4 is 32.8 Å². The van der Waals surface area contributed by atoms with E-state index in [1.165, 1.54) is 20.7 Å². The maximum atomic E-state index is 1.70. The van der Waals surface area contributed by atoms with Gasteiger partial charge in [0.05, 0.1) is 0 Å². The molecule has 0 nitrogen and oxygen atoms in total. The van der Waals surface area contributed by atoms with E-state index in [1.807, 2.05) is 0 Å². The summed E-state index contributed by atoms with van der Waals surface area (Å²) in [6, 6.07) is 1.50. The van der Waals surface area contributed by atoms with Crippen molar-refractivity contribution in [3.8, 4) is 0 Å². The molecule has 5 heteroatoms. The fraction of sp³-hybridized carbons (Fsp3) is 1.00. The van der Waals surface area contributed by atoms with Crippen molar-refractivity contribution in [3.63, 3.8) is 0 Å². The van der Waals surface area contributed by atoms with Crippen LogP contribution in [0.4, 0.5) is 0 Å². The van der Waals surface area contributed by atoms with Gasteiger partial charge in [0.25, 0.3) is 0 Å². The van der Waals surface area contributed by atoms with Crippen molar-refractivity contribution in [2.24, 2.45) is 0 Å². The molecule has 0 heterocycles. The van der Waals surface area contributed by atoms with Gasteiger partial charge < -0.3 is 37.2 Å². The maximum absolute atomic E-state index is 1.70. The number of halogens is 3.